The maximum atomic E-state index is 2.44. The first-order chi connectivity index (χ1) is 28.0. The van der Waals surface area contributed by atoms with E-state index in [1.165, 1.54) is 120 Å². The molecule has 0 saturated heterocycles. The van der Waals surface area contributed by atoms with Crippen LogP contribution in [-0.4, -0.2) is 0 Å². The van der Waals surface area contributed by atoms with Crippen LogP contribution in [0.1, 0.15) is 25.0 Å². The Morgan fingerprint density at radius 2 is 0.719 bits per heavy atom. The molecule has 11 aromatic carbocycles. The Labute approximate surface area is 332 Å². The minimum Gasteiger partial charge on any atom is -0.0619 e. The molecular formula is C57H38. The summed E-state index contributed by atoms with van der Waals surface area (Å²) < 4.78 is 0. The molecule has 0 saturated carbocycles. The zero-order valence-corrected chi connectivity index (χ0v) is 32.0. The summed E-state index contributed by atoms with van der Waals surface area (Å²) in [7, 11) is 0. The molecule has 0 aromatic heterocycles. The predicted octanol–water partition coefficient (Wildman–Crippen LogP) is 15.9. The van der Waals surface area contributed by atoms with Gasteiger partial charge in [-0.15, -0.1) is 0 Å². The van der Waals surface area contributed by atoms with E-state index in [1.54, 1.807) is 0 Å². The molecule has 0 amide bonds. The molecule has 1 aliphatic carbocycles. The Balaban J connectivity index is 0.958. The molecule has 0 aliphatic heterocycles. The molecular weight excluding hydrogens is 685 g/mol. The summed E-state index contributed by atoms with van der Waals surface area (Å²) in [4.78, 5) is 0. The van der Waals surface area contributed by atoms with Crippen LogP contribution in [0, 0.1) is 0 Å². The van der Waals surface area contributed by atoms with Gasteiger partial charge in [0.15, 0.2) is 0 Å². The summed E-state index contributed by atoms with van der Waals surface area (Å²) in [5, 5.41) is 15.4. The first-order valence-corrected chi connectivity index (χ1v) is 20.1. The lowest BCUT2D eigenvalue weighted by Gasteiger charge is -2.22. The van der Waals surface area contributed by atoms with Gasteiger partial charge in [-0.3, -0.25) is 0 Å². The van der Waals surface area contributed by atoms with Crippen LogP contribution in [-0.2, 0) is 5.41 Å². The van der Waals surface area contributed by atoms with Crippen molar-refractivity contribution in [3.05, 3.63) is 205 Å². The van der Waals surface area contributed by atoms with E-state index in [0.717, 1.165) is 0 Å². The first kappa shape index (κ1) is 32.2. The molecule has 0 spiro atoms. The summed E-state index contributed by atoms with van der Waals surface area (Å²) in [6.45, 7) is 4.72. The normalized spacial score (nSPS) is 13.2. The van der Waals surface area contributed by atoms with E-state index in [1.807, 2.05) is 0 Å². The van der Waals surface area contributed by atoms with Crippen LogP contribution < -0.4 is 0 Å². The highest BCUT2D eigenvalue weighted by Crippen LogP contribution is 2.50. The highest BCUT2D eigenvalue weighted by Gasteiger charge is 2.35. The minimum atomic E-state index is -0.0335. The third-order valence-corrected chi connectivity index (χ3v) is 13.0. The van der Waals surface area contributed by atoms with E-state index in [-0.39, 0.29) is 5.41 Å². The zero-order chi connectivity index (χ0) is 37.8. The maximum Gasteiger partial charge on any atom is 0.0159 e. The van der Waals surface area contributed by atoms with Gasteiger partial charge in [0, 0.05) is 5.41 Å². The summed E-state index contributed by atoms with van der Waals surface area (Å²) in [6, 6.07) is 72.7. The third-order valence-electron chi connectivity index (χ3n) is 13.0. The van der Waals surface area contributed by atoms with Gasteiger partial charge in [-0.05, 0) is 145 Å². The fraction of sp³-hybridized carbons (Fsp3) is 0.0526. The van der Waals surface area contributed by atoms with Crippen LogP contribution >= 0.6 is 0 Å². The van der Waals surface area contributed by atoms with Gasteiger partial charge in [-0.25, -0.2) is 0 Å². The van der Waals surface area contributed by atoms with Gasteiger partial charge in [0.25, 0.3) is 0 Å². The van der Waals surface area contributed by atoms with Gasteiger partial charge < -0.3 is 0 Å². The Hall–Kier alpha value is -7.02. The number of fused-ring (bicyclic) bond motifs is 12. The molecule has 0 N–H and O–H groups in total. The Morgan fingerprint density at radius 1 is 0.263 bits per heavy atom. The average Bonchev–Trinajstić information content (AvgIpc) is 3.50. The molecule has 0 heterocycles. The molecule has 0 radical (unpaired) electrons. The Bertz CT molecular complexity index is 3490. The molecule has 57 heavy (non-hydrogen) atoms. The van der Waals surface area contributed by atoms with Crippen molar-refractivity contribution in [2.24, 2.45) is 0 Å². The summed E-state index contributed by atoms with van der Waals surface area (Å²) in [6.07, 6.45) is 0. The van der Waals surface area contributed by atoms with E-state index < -0.39 is 0 Å². The van der Waals surface area contributed by atoms with Gasteiger partial charge in [-0.2, -0.15) is 0 Å². The van der Waals surface area contributed by atoms with Crippen molar-refractivity contribution in [3.8, 4) is 44.5 Å². The average molecular weight is 723 g/mol. The van der Waals surface area contributed by atoms with Crippen molar-refractivity contribution >= 4 is 64.6 Å². The predicted molar refractivity (Wildman–Crippen MR) is 245 cm³/mol. The van der Waals surface area contributed by atoms with Gasteiger partial charge >= 0.3 is 0 Å². The van der Waals surface area contributed by atoms with Gasteiger partial charge in [0.05, 0.1) is 0 Å². The highest BCUT2D eigenvalue weighted by atomic mass is 14.4. The molecule has 11 aromatic rings. The standard InChI is InChI=1S/C57H38/c1-57(2)53-18-10-9-16-49(53)50-28-27-41(34-54(50)57)44-30-29-43(46-13-5-6-14-47(44)46)39-24-22-38-32-40(25-23-37(38)31-39)52-33-42-26-21-36-20-19-35-11-3-4-12-45(35)55(36)56(42)51-17-8-7-15-48(51)52/h3-34H,1-2H3. The number of rotatable bonds is 3. The van der Waals surface area contributed by atoms with Crippen molar-refractivity contribution in [3.63, 3.8) is 0 Å². The van der Waals surface area contributed by atoms with E-state index >= 15 is 0 Å². The number of benzene rings is 11. The van der Waals surface area contributed by atoms with Crippen LogP contribution in [0.15, 0.2) is 194 Å². The monoisotopic (exact) mass is 722 g/mol. The van der Waals surface area contributed by atoms with Crippen molar-refractivity contribution in [2.75, 3.05) is 0 Å². The maximum absolute atomic E-state index is 2.44. The van der Waals surface area contributed by atoms with Crippen LogP contribution in [0.25, 0.3) is 109 Å². The SMILES string of the molecule is CC1(C)c2ccccc2-c2ccc(-c3ccc(-c4ccc5cc(-c6cc7ccc8ccc9ccccc9c8c7c7ccccc67)ccc5c4)c4ccccc34)cc21. The molecule has 0 nitrogen and oxygen atoms in total. The highest BCUT2D eigenvalue weighted by molar-refractivity contribution is 6.29. The van der Waals surface area contributed by atoms with Crippen LogP contribution in [0.5, 0.6) is 0 Å². The van der Waals surface area contributed by atoms with Gasteiger partial charge in [0.1, 0.15) is 0 Å². The fourth-order valence-corrected chi connectivity index (χ4v) is 10.2. The number of hydrogen-bond acceptors (Lipinski definition) is 0. The largest absolute Gasteiger partial charge is 0.0619 e. The molecule has 1 aliphatic rings. The second kappa shape index (κ2) is 12.0. The van der Waals surface area contributed by atoms with E-state index in [9.17, 15) is 0 Å². The molecule has 0 fully saturated rings. The lowest BCUT2D eigenvalue weighted by molar-refractivity contribution is 0.660. The van der Waals surface area contributed by atoms with Gasteiger partial charge in [0.2, 0.25) is 0 Å². The van der Waals surface area contributed by atoms with Gasteiger partial charge in [-0.1, -0.05) is 184 Å². The Morgan fingerprint density at radius 3 is 1.44 bits per heavy atom. The third kappa shape index (κ3) is 4.74. The molecule has 12 rings (SSSR count). The van der Waals surface area contributed by atoms with Crippen LogP contribution in [0.2, 0.25) is 0 Å². The van der Waals surface area contributed by atoms with E-state index in [0.29, 0.717) is 0 Å². The molecule has 266 valence electrons. The molecule has 0 unspecified atom stereocenters. The Kier molecular flexibility index (Phi) is 6.78. The van der Waals surface area contributed by atoms with Crippen molar-refractivity contribution in [2.45, 2.75) is 19.3 Å². The van der Waals surface area contributed by atoms with E-state index in [4.69, 9.17) is 0 Å². The smallest absolute Gasteiger partial charge is 0.0159 e. The number of hydrogen-bond donors (Lipinski definition) is 0. The summed E-state index contributed by atoms with van der Waals surface area (Å²) in [5.41, 5.74) is 13.0. The van der Waals surface area contributed by atoms with Crippen molar-refractivity contribution in [1.82, 2.24) is 0 Å². The topological polar surface area (TPSA) is 0 Å². The molecule has 0 atom stereocenters. The van der Waals surface area contributed by atoms with Crippen molar-refractivity contribution < 1.29 is 0 Å². The lowest BCUT2D eigenvalue weighted by atomic mass is 9.81. The quantitative estimate of drug-likeness (QED) is 0.159. The first-order valence-electron chi connectivity index (χ1n) is 20.1. The fourth-order valence-electron chi connectivity index (χ4n) is 10.2. The van der Waals surface area contributed by atoms with E-state index in [2.05, 4.69) is 208 Å². The summed E-state index contributed by atoms with van der Waals surface area (Å²) >= 11 is 0. The summed E-state index contributed by atoms with van der Waals surface area (Å²) in [5.74, 6) is 0. The zero-order valence-electron chi connectivity index (χ0n) is 32.0. The molecule has 0 heteroatoms. The van der Waals surface area contributed by atoms with Crippen molar-refractivity contribution in [1.29, 1.82) is 0 Å². The molecule has 0 bridgehead atoms. The lowest BCUT2D eigenvalue weighted by Crippen LogP contribution is -2.14. The van der Waals surface area contributed by atoms with Crippen LogP contribution in [0.4, 0.5) is 0 Å². The minimum absolute atomic E-state index is 0.0335. The second-order valence-corrected chi connectivity index (χ2v) is 16.4. The van der Waals surface area contributed by atoms with Crippen LogP contribution in [0.3, 0.4) is 0 Å². The second-order valence-electron chi connectivity index (χ2n) is 16.4.